The van der Waals surface area contributed by atoms with E-state index in [1.807, 2.05) is 60.9 Å². The molecule has 0 aliphatic heterocycles. The molecule has 1 atom stereocenters. The van der Waals surface area contributed by atoms with Crippen LogP contribution in [0.3, 0.4) is 0 Å². The van der Waals surface area contributed by atoms with Gasteiger partial charge in [0, 0.05) is 46.3 Å². The summed E-state index contributed by atoms with van der Waals surface area (Å²) in [6.07, 6.45) is 10.1. The second kappa shape index (κ2) is 10.8. The van der Waals surface area contributed by atoms with E-state index >= 15 is 0 Å². The van der Waals surface area contributed by atoms with Crippen LogP contribution in [0.25, 0.3) is 21.9 Å². The third-order valence-electron chi connectivity index (χ3n) is 8.03. The molecule has 1 saturated carbocycles. The number of fused-ring (bicyclic) bond motifs is 2. The fourth-order valence-corrected chi connectivity index (χ4v) is 5.93. The predicted molar refractivity (Wildman–Crippen MR) is 151 cm³/mol. The second-order valence-corrected chi connectivity index (χ2v) is 10.5. The number of para-hydroxylation sites is 2. The Hall–Kier alpha value is -3.90. The minimum Gasteiger partial charge on any atom is -0.460 e. The Bertz CT molecular complexity index is 1480. The lowest BCUT2D eigenvalue weighted by atomic mass is 9.71. The first-order valence-corrected chi connectivity index (χ1v) is 13.7. The quantitative estimate of drug-likeness (QED) is 0.228. The average molecular weight is 507 g/mol. The highest BCUT2D eigenvalue weighted by atomic mass is 16.3. The summed E-state index contributed by atoms with van der Waals surface area (Å²) in [5, 5.41) is 9.05. The van der Waals surface area contributed by atoms with Crippen LogP contribution in [0.2, 0.25) is 0 Å². The number of nitrogens with zero attached hydrogens (tertiary/aromatic N) is 1. The van der Waals surface area contributed by atoms with Crippen molar-refractivity contribution in [1.82, 2.24) is 20.6 Å². The van der Waals surface area contributed by atoms with E-state index in [4.69, 9.17) is 9.40 Å². The first-order valence-electron chi connectivity index (χ1n) is 13.7. The lowest BCUT2D eigenvalue weighted by molar-refractivity contribution is -0.123. The first-order chi connectivity index (χ1) is 18.7. The third-order valence-corrected chi connectivity index (χ3v) is 8.03. The van der Waals surface area contributed by atoms with E-state index in [1.165, 1.54) is 6.42 Å². The Morgan fingerprint density at radius 3 is 2.66 bits per heavy atom. The van der Waals surface area contributed by atoms with E-state index in [2.05, 4.69) is 39.9 Å². The SMILES string of the molecule is O=C(NCC1(c2ccccn2)CCCCC1)C(Cc1c[nH]c2ccccc12)NCc1cc2ccccc2o1. The van der Waals surface area contributed by atoms with Crippen molar-refractivity contribution in [2.24, 2.45) is 0 Å². The van der Waals surface area contributed by atoms with Gasteiger partial charge in [0.15, 0.2) is 0 Å². The Balaban J connectivity index is 1.22. The largest absolute Gasteiger partial charge is 0.460 e. The number of pyridine rings is 1. The molecule has 1 aliphatic carbocycles. The van der Waals surface area contributed by atoms with Crippen LogP contribution in [0.5, 0.6) is 0 Å². The molecule has 6 rings (SSSR count). The van der Waals surface area contributed by atoms with Crippen LogP contribution in [0.4, 0.5) is 0 Å². The van der Waals surface area contributed by atoms with Gasteiger partial charge in [0.2, 0.25) is 5.91 Å². The van der Waals surface area contributed by atoms with Crippen molar-refractivity contribution in [3.05, 3.63) is 102 Å². The molecular weight excluding hydrogens is 472 g/mol. The fourth-order valence-electron chi connectivity index (χ4n) is 5.93. The van der Waals surface area contributed by atoms with Crippen LogP contribution in [-0.2, 0) is 23.2 Å². The minimum absolute atomic E-state index is 0.00673. The third kappa shape index (κ3) is 5.09. The van der Waals surface area contributed by atoms with Gasteiger partial charge >= 0.3 is 0 Å². The standard InChI is InChI=1S/C32H34N4O2/c37-31(36-22-32(15-7-1-8-16-32)30-14-6-9-17-33-30)28(19-24-20-34-27-12-4-3-11-26(24)27)35-21-25-18-23-10-2-5-13-29(23)38-25/h2-6,9-14,17-18,20,28,34-35H,1,7-8,15-16,19,21-22H2,(H,36,37). The van der Waals surface area contributed by atoms with E-state index in [0.29, 0.717) is 19.5 Å². The van der Waals surface area contributed by atoms with Gasteiger partial charge < -0.3 is 14.7 Å². The Morgan fingerprint density at radius 1 is 1.00 bits per heavy atom. The maximum Gasteiger partial charge on any atom is 0.237 e. The lowest BCUT2D eigenvalue weighted by Gasteiger charge is -2.37. The van der Waals surface area contributed by atoms with Crippen LogP contribution < -0.4 is 10.6 Å². The monoisotopic (exact) mass is 506 g/mol. The summed E-state index contributed by atoms with van der Waals surface area (Å²) in [5.41, 5.74) is 4.03. The molecule has 0 radical (unpaired) electrons. The van der Waals surface area contributed by atoms with Gasteiger partial charge in [0.25, 0.3) is 0 Å². The molecule has 3 heterocycles. The van der Waals surface area contributed by atoms with E-state index in [1.54, 1.807) is 0 Å². The maximum absolute atomic E-state index is 13.8. The van der Waals surface area contributed by atoms with Crippen molar-refractivity contribution in [3.8, 4) is 0 Å². The van der Waals surface area contributed by atoms with Gasteiger partial charge in [-0.25, -0.2) is 0 Å². The van der Waals surface area contributed by atoms with Crippen LogP contribution in [-0.4, -0.2) is 28.5 Å². The molecule has 194 valence electrons. The zero-order valence-corrected chi connectivity index (χ0v) is 21.6. The summed E-state index contributed by atoms with van der Waals surface area (Å²) in [4.78, 5) is 21.8. The van der Waals surface area contributed by atoms with E-state index in [9.17, 15) is 4.79 Å². The zero-order valence-electron chi connectivity index (χ0n) is 21.6. The smallest absolute Gasteiger partial charge is 0.237 e. The molecule has 6 nitrogen and oxygen atoms in total. The van der Waals surface area contributed by atoms with Crippen molar-refractivity contribution in [2.75, 3.05) is 6.54 Å². The molecule has 3 N–H and O–H groups in total. The van der Waals surface area contributed by atoms with Gasteiger partial charge in [-0.15, -0.1) is 0 Å². The number of aromatic nitrogens is 2. The summed E-state index contributed by atoms with van der Waals surface area (Å²) in [6.45, 7) is 1.07. The number of H-pyrrole nitrogens is 1. The molecular formula is C32H34N4O2. The normalized spacial score (nSPS) is 16.0. The number of hydrogen-bond acceptors (Lipinski definition) is 4. The summed E-state index contributed by atoms with van der Waals surface area (Å²) in [6, 6.07) is 24.0. The van der Waals surface area contributed by atoms with Crippen molar-refractivity contribution in [2.45, 2.75) is 56.5 Å². The van der Waals surface area contributed by atoms with Gasteiger partial charge in [-0.05, 0) is 55.2 Å². The molecule has 3 aromatic heterocycles. The molecule has 1 fully saturated rings. The molecule has 1 unspecified atom stereocenters. The molecule has 0 saturated heterocycles. The number of furan rings is 1. The molecule has 1 aliphatic rings. The number of rotatable bonds is 9. The number of aromatic amines is 1. The number of amides is 1. The molecule has 5 aromatic rings. The van der Waals surface area contributed by atoms with E-state index in [0.717, 1.165) is 64.6 Å². The number of nitrogens with one attached hydrogen (secondary N) is 3. The van der Waals surface area contributed by atoms with Crippen LogP contribution in [0, 0.1) is 0 Å². The van der Waals surface area contributed by atoms with E-state index < -0.39 is 6.04 Å². The molecule has 0 spiro atoms. The number of benzene rings is 2. The fraction of sp³-hybridized carbons (Fsp3) is 0.312. The summed E-state index contributed by atoms with van der Waals surface area (Å²) in [5.74, 6) is 0.826. The second-order valence-electron chi connectivity index (χ2n) is 10.5. The summed E-state index contributed by atoms with van der Waals surface area (Å²) < 4.78 is 6.02. The minimum atomic E-state index is -0.410. The van der Waals surface area contributed by atoms with Crippen molar-refractivity contribution >= 4 is 27.8 Å². The maximum atomic E-state index is 13.8. The topological polar surface area (TPSA) is 83.0 Å². The Kier molecular flexibility index (Phi) is 6.97. The van der Waals surface area contributed by atoms with Gasteiger partial charge in [0.05, 0.1) is 12.6 Å². The molecule has 1 amide bonds. The van der Waals surface area contributed by atoms with Crippen molar-refractivity contribution in [3.63, 3.8) is 0 Å². The lowest BCUT2D eigenvalue weighted by Crippen LogP contribution is -2.50. The molecule has 38 heavy (non-hydrogen) atoms. The van der Waals surface area contributed by atoms with Crippen LogP contribution >= 0.6 is 0 Å². The highest BCUT2D eigenvalue weighted by Gasteiger charge is 2.36. The Labute approximate surface area is 222 Å². The number of carbonyl (C=O) groups excluding carboxylic acids is 1. The zero-order chi connectivity index (χ0) is 25.8. The molecule has 0 bridgehead atoms. The summed E-state index contributed by atoms with van der Waals surface area (Å²) in [7, 11) is 0. The molecule has 6 heteroatoms. The van der Waals surface area contributed by atoms with Crippen LogP contribution in [0.1, 0.15) is 49.1 Å². The average Bonchev–Trinajstić information content (AvgIpc) is 3.58. The van der Waals surface area contributed by atoms with Crippen molar-refractivity contribution in [1.29, 1.82) is 0 Å². The summed E-state index contributed by atoms with van der Waals surface area (Å²) >= 11 is 0. The molecule has 2 aromatic carbocycles. The Morgan fingerprint density at radius 2 is 1.82 bits per heavy atom. The van der Waals surface area contributed by atoms with Gasteiger partial charge in [-0.3, -0.25) is 15.1 Å². The highest BCUT2D eigenvalue weighted by Crippen LogP contribution is 2.38. The highest BCUT2D eigenvalue weighted by molar-refractivity contribution is 5.86. The first kappa shape index (κ1) is 24.4. The number of carbonyl (C=O) groups is 1. The van der Waals surface area contributed by atoms with Crippen LogP contribution in [0.15, 0.2) is 89.6 Å². The van der Waals surface area contributed by atoms with Crippen molar-refractivity contribution < 1.29 is 9.21 Å². The van der Waals surface area contributed by atoms with Gasteiger partial charge in [-0.1, -0.05) is 61.7 Å². The van der Waals surface area contributed by atoms with Gasteiger partial charge in [0.1, 0.15) is 11.3 Å². The van der Waals surface area contributed by atoms with Gasteiger partial charge in [-0.2, -0.15) is 0 Å². The van der Waals surface area contributed by atoms with E-state index in [-0.39, 0.29) is 11.3 Å². The predicted octanol–water partition coefficient (Wildman–Crippen LogP) is 6.03. The number of hydrogen-bond donors (Lipinski definition) is 3.